The zero-order chi connectivity index (χ0) is 16.5. The van der Waals surface area contributed by atoms with Crippen LogP contribution >= 0.6 is 0 Å². The van der Waals surface area contributed by atoms with Gasteiger partial charge in [0, 0.05) is 32.1 Å². The quantitative estimate of drug-likeness (QED) is 0.523. The molecule has 7 heteroatoms. The molecule has 22 heavy (non-hydrogen) atoms. The lowest BCUT2D eigenvalue weighted by Gasteiger charge is -2.11. The third-order valence-corrected chi connectivity index (χ3v) is 2.92. The molecule has 0 bridgehead atoms. The molecular formula is C15H27N5O2. The number of hydrogen-bond acceptors (Lipinski definition) is 4. The number of carbonyl (C=O) groups excluding carboxylic acids is 1. The van der Waals surface area contributed by atoms with E-state index >= 15 is 0 Å². The van der Waals surface area contributed by atoms with Gasteiger partial charge in [-0.05, 0) is 19.8 Å². The topological polar surface area (TPSA) is 91.5 Å². The van der Waals surface area contributed by atoms with Crippen LogP contribution in [0.15, 0.2) is 15.6 Å². The molecule has 0 aliphatic rings. The summed E-state index contributed by atoms with van der Waals surface area (Å²) < 4.78 is 5.25. The lowest BCUT2D eigenvalue weighted by atomic mass is 10.1. The van der Waals surface area contributed by atoms with E-state index in [1.54, 1.807) is 7.05 Å². The van der Waals surface area contributed by atoms with E-state index in [9.17, 15) is 4.79 Å². The first-order valence-electron chi connectivity index (χ1n) is 7.61. The standard InChI is InChI=1S/C15H27N5O2/c1-10(2)13-8-12(22-20-13)9-18-15(16-5)17-7-6-14(21)19-11(3)4/h8,10-11H,6-7,9H2,1-5H3,(H,19,21)(H2,16,17,18). The highest BCUT2D eigenvalue weighted by Crippen LogP contribution is 2.13. The van der Waals surface area contributed by atoms with Crippen LogP contribution < -0.4 is 16.0 Å². The van der Waals surface area contributed by atoms with Crippen molar-refractivity contribution in [3.63, 3.8) is 0 Å². The van der Waals surface area contributed by atoms with Crippen molar-refractivity contribution in [3.05, 3.63) is 17.5 Å². The average Bonchev–Trinajstić information content (AvgIpc) is 2.90. The number of aromatic nitrogens is 1. The average molecular weight is 309 g/mol. The summed E-state index contributed by atoms with van der Waals surface area (Å²) in [6.45, 7) is 9.03. The van der Waals surface area contributed by atoms with Crippen LogP contribution in [-0.2, 0) is 11.3 Å². The van der Waals surface area contributed by atoms with Crippen molar-refractivity contribution in [2.75, 3.05) is 13.6 Å². The second-order valence-corrected chi connectivity index (χ2v) is 5.70. The van der Waals surface area contributed by atoms with Crippen molar-refractivity contribution < 1.29 is 9.32 Å². The maximum Gasteiger partial charge on any atom is 0.221 e. The van der Waals surface area contributed by atoms with Gasteiger partial charge in [0.2, 0.25) is 5.91 Å². The van der Waals surface area contributed by atoms with Crippen LogP contribution in [-0.4, -0.2) is 36.7 Å². The van der Waals surface area contributed by atoms with E-state index in [2.05, 4.69) is 39.9 Å². The van der Waals surface area contributed by atoms with Crippen molar-refractivity contribution in [2.24, 2.45) is 4.99 Å². The predicted molar refractivity (Wildman–Crippen MR) is 86.7 cm³/mol. The summed E-state index contributed by atoms with van der Waals surface area (Å²) in [5, 5.41) is 13.1. The molecule has 0 fully saturated rings. The van der Waals surface area contributed by atoms with Crippen LogP contribution in [0.25, 0.3) is 0 Å². The summed E-state index contributed by atoms with van der Waals surface area (Å²) in [7, 11) is 1.68. The maximum absolute atomic E-state index is 11.5. The Morgan fingerprint density at radius 2 is 2.05 bits per heavy atom. The van der Waals surface area contributed by atoms with Crippen LogP contribution in [0.2, 0.25) is 0 Å². The summed E-state index contributed by atoms with van der Waals surface area (Å²) in [5.41, 5.74) is 0.935. The number of rotatable bonds is 7. The molecule has 3 N–H and O–H groups in total. The first kappa shape index (κ1) is 18.0. The molecule has 1 amide bonds. The normalized spacial score (nSPS) is 11.9. The molecule has 0 aromatic carbocycles. The lowest BCUT2D eigenvalue weighted by molar-refractivity contribution is -0.121. The van der Waals surface area contributed by atoms with Crippen LogP contribution in [0.4, 0.5) is 0 Å². The summed E-state index contributed by atoms with van der Waals surface area (Å²) in [5.74, 6) is 1.74. The first-order valence-corrected chi connectivity index (χ1v) is 7.61. The fraction of sp³-hybridized carbons (Fsp3) is 0.667. The summed E-state index contributed by atoms with van der Waals surface area (Å²) in [4.78, 5) is 15.6. The Labute approximate surface area is 131 Å². The van der Waals surface area contributed by atoms with Crippen molar-refractivity contribution in [2.45, 2.75) is 52.6 Å². The van der Waals surface area contributed by atoms with Gasteiger partial charge in [0.25, 0.3) is 0 Å². The second-order valence-electron chi connectivity index (χ2n) is 5.70. The number of hydrogen-bond donors (Lipinski definition) is 3. The zero-order valence-corrected chi connectivity index (χ0v) is 14.1. The molecule has 1 heterocycles. The summed E-state index contributed by atoms with van der Waals surface area (Å²) in [6.07, 6.45) is 0.401. The van der Waals surface area contributed by atoms with Gasteiger partial charge in [0.1, 0.15) is 0 Å². The predicted octanol–water partition coefficient (Wildman–Crippen LogP) is 1.38. The molecule has 0 saturated heterocycles. The van der Waals surface area contributed by atoms with Gasteiger partial charge < -0.3 is 20.5 Å². The minimum absolute atomic E-state index is 0.0229. The number of aliphatic imine (C=N–C) groups is 1. The van der Waals surface area contributed by atoms with Crippen molar-refractivity contribution in [1.29, 1.82) is 0 Å². The van der Waals surface area contributed by atoms with Gasteiger partial charge in [0.15, 0.2) is 11.7 Å². The van der Waals surface area contributed by atoms with Gasteiger partial charge >= 0.3 is 0 Å². The fourth-order valence-corrected chi connectivity index (χ4v) is 1.76. The van der Waals surface area contributed by atoms with E-state index in [0.717, 1.165) is 11.5 Å². The number of carbonyl (C=O) groups is 1. The Bertz CT molecular complexity index is 494. The minimum atomic E-state index is 0.0229. The van der Waals surface area contributed by atoms with Crippen molar-refractivity contribution in [1.82, 2.24) is 21.1 Å². The number of nitrogens with zero attached hydrogens (tertiary/aromatic N) is 2. The molecule has 0 aliphatic carbocycles. The van der Waals surface area contributed by atoms with E-state index in [1.807, 2.05) is 19.9 Å². The minimum Gasteiger partial charge on any atom is -0.359 e. The Morgan fingerprint density at radius 3 is 2.59 bits per heavy atom. The SMILES string of the molecule is CN=C(NCCC(=O)NC(C)C)NCc1cc(C(C)C)no1. The van der Waals surface area contributed by atoms with E-state index in [0.29, 0.717) is 31.4 Å². The molecule has 0 aliphatic heterocycles. The highest BCUT2D eigenvalue weighted by Gasteiger charge is 2.08. The molecular weight excluding hydrogens is 282 g/mol. The molecule has 0 saturated carbocycles. The Kier molecular flexibility index (Phi) is 7.42. The van der Waals surface area contributed by atoms with Gasteiger partial charge in [-0.25, -0.2) is 0 Å². The van der Waals surface area contributed by atoms with Crippen molar-refractivity contribution >= 4 is 11.9 Å². The maximum atomic E-state index is 11.5. The van der Waals surface area contributed by atoms with Gasteiger partial charge in [-0.15, -0.1) is 0 Å². The Hall–Kier alpha value is -2.05. The summed E-state index contributed by atoms with van der Waals surface area (Å²) >= 11 is 0. The van der Waals surface area contributed by atoms with Gasteiger partial charge in [-0.1, -0.05) is 19.0 Å². The highest BCUT2D eigenvalue weighted by molar-refractivity contribution is 5.81. The van der Waals surface area contributed by atoms with Gasteiger partial charge in [0.05, 0.1) is 12.2 Å². The molecule has 0 spiro atoms. The van der Waals surface area contributed by atoms with Gasteiger partial charge in [-0.2, -0.15) is 0 Å². The molecule has 1 rings (SSSR count). The number of guanidine groups is 1. The monoisotopic (exact) mass is 309 g/mol. The van der Waals surface area contributed by atoms with Crippen LogP contribution in [0.3, 0.4) is 0 Å². The summed E-state index contributed by atoms with van der Waals surface area (Å²) in [6, 6.07) is 2.09. The number of amides is 1. The zero-order valence-electron chi connectivity index (χ0n) is 14.1. The molecule has 0 radical (unpaired) electrons. The van der Waals surface area contributed by atoms with Crippen LogP contribution in [0.5, 0.6) is 0 Å². The first-order chi connectivity index (χ1) is 10.4. The molecule has 0 unspecified atom stereocenters. The van der Waals surface area contributed by atoms with Gasteiger partial charge in [-0.3, -0.25) is 9.79 Å². The van der Waals surface area contributed by atoms with Crippen LogP contribution in [0.1, 0.15) is 51.5 Å². The molecule has 1 aromatic rings. The van der Waals surface area contributed by atoms with E-state index < -0.39 is 0 Å². The lowest BCUT2D eigenvalue weighted by Crippen LogP contribution is -2.39. The molecule has 1 aromatic heterocycles. The second kappa shape index (κ2) is 9.07. The molecule has 124 valence electrons. The van der Waals surface area contributed by atoms with Crippen molar-refractivity contribution in [3.8, 4) is 0 Å². The smallest absolute Gasteiger partial charge is 0.221 e. The number of nitrogens with one attached hydrogen (secondary N) is 3. The van der Waals surface area contributed by atoms with E-state index in [-0.39, 0.29) is 11.9 Å². The van der Waals surface area contributed by atoms with E-state index in [1.165, 1.54) is 0 Å². The van der Waals surface area contributed by atoms with Crippen LogP contribution in [0, 0.1) is 0 Å². The van der Waals surface area contributed by atoms with E-state index in [4.69, 9.17) is 4.52 Å². The fourth-order valence-electron chi connectivity index (χ4n) is 1.76. The third-order valence-electron chi connectivity index (χ3n) is 2.92. The molecule has 7 nitrogen and oxygen atoms in total. The molecule has 0 atom stereocenters. The largest absolute Gasteiger partial charge is 0.359 e. The highest BCUT2D eigenvalue weighted by atomic mass is 16.5. The third kappa shape index (κ3) is 6.60. The Balaban J connectivity index is 2.31. The Morgan fingerprint density at radius 1 is 1.32 bits per heavy atom.